The van der Waals surface area contributed by atoms with Gasteiger partial charge < -0.3 is 0 Å². The van der Waals surface area contributed by atoms with Crippen molar-refractivity contribution in [3.63, 3.8) is 0 Å². The molecule has 0 N–H and O–H groups in total. The molecule has 1 saturated heterocycles. The molecule has 0 radical (unpaired) electrons. The van der Waals surface area contributed by atoms with E-state index in [4.69, 9.17) is 0 Å². The molecule has 122 valence electrons. The molecule has 1 atom stereocenters. The van der Waals surface area contributed by atoms with E-state index in [0.717, 1.165) is 45.0 Å². The quantitative estimate of drug-likeness (QED) is 0.753. The van der Waals surface area contributed by atoms with Gasteiger partial charge in [-0.1, -0.05) is 25.8 Å². The standard InChI is InChI=1S/C16H28N6/c1-3-9-20-10-12-21(13-11-20)15(4-2)16-17-18-19-22(16)14-7-5-6-8-14/h3,14-15H,1,4-13H2,2H3. The van der Waals surface area contributed by atoms with Gasteiger partial charge >= 0.3 is 0 Å². The fourth-order valence-electron chi connectivity index (χ4n) is 3.87. The normalized spacial score (nSPS) is 23.0. The third-order valence-electron chi connectivity index (χ3n) is 5.11. The Kier molecular flexibility index (Phi) is 5.20. The molecule has 0 aromatic carbocycles. The van der Waals surface area contributed by atoms with Crippen molar-refractivity contribution in [3.05, 3.63) is 18.5 Å². The minimum Gasteiger partial charge on any atom is -0.297 e. The summed E-state index contributed by atoms with van der Waals surface area (Å²) in [5, 5.41) is 12.7. The van der Waals surface area contributed by atoms with E-state index in [2.05, 4.69) is 43.5 Å². The highest BCUT2D eigenvalue weighted by molar-refractivity contribution is 4.97. The molecule has 1 aliphatic carbocycles. The number of nitrogens with zero attached hydrogens (tertiary/aromatic N) is 6. The van der Waals surface area contributed by atoms with Crippen molar-refractivity contribution < 1.29 is 0 Å². The Bertz CT molecular complexity index is 471. The van der Waals surface area contributed by atoms with Crippen LogP contribution >= 0.6 is 0 Å². The second kappa shape index (κ2) is 7.33. The lowest BCUT2D eigenvalue weighted by Gasteiger charge is -2.38. The van der Waals surface area contributed by atoms with Crippen LogP contribution in [-0.2, 0) is 0 Å². The first-order chi connectivity index (χ1) is 10.8. The highest BCUT2D eigenvalue weighted by Crippen LogP contribution is 2.32. The van der Waals surface area contributed by atoms with Gasteiger partial charge in [0.15, 0.2) is 5.82 Å². The molecule has 1 saturated carbocycles. The Labute approximate surface area is 133 Å². The number of hydrogen-bond donors (Lipinski definition) is 0. The SMILES string of the molecule is C=CCN1CCN(C(CC)c2nnnn2C2CCCC2)CC1. The molecule has 2 fully saturated rings. The molecule has 22 heavy (non-hydrogen) atoms. The maximum absolute atomic E-state index is 4.39. The van der Waals surface area contributed by atoms with E-state index in [1.807, 2.05) is 6.08 Å². The van der Waals surface area contributed by atoms with Gasteiger partial charge in [0.1, 0.15) is 0 Å². The Morgan fingerprint density at radius 2 is 1.95 bits per heavy atom. The van der Waals surface area contributed by atoms with E-state index in [0.29, 0.717) is 12.1 Å². The van der Waals surface area contributed by atoms with Gasteiger partial charge in [0.25, 0.3) is 0 Å². The number of aromatic nitrogens is 4. The molecule has 0 bridgehead atoms. The van der Waals surface area contributed by atoms with Crippen LogP contribution in [0.1, 0.15) is 56.9 Å². The van der Waals surface area contributed by atoms with Crippen LogP contribution in [0.15, 0.2) is 12.7 Å². The van der Waals surface area contributed by atoms with Crippen LogP contribution in [-0.4, -0.2) is 62.7 Å². The second-order valence-electron chi connectivity index (χ2n) is 6.47. The minimum absolute atomic E-state index is 0.349. The van der Waals surface area contributed by atoms with E-state index in [9.17, 15) is 0 Å². The molecule has 1 aromatic rings. The fraction of sp³-hybridized carbons (Fsp3) is 0.812. The van der Waals surface area contributed by atoms with Gasteiger partial charge in [-0.25, -0.2) is 4.68 Å². The summed E-state index contributed by atoms with van der Waals surface area (Å²) in [6, 6.07) is 0.864. The Hall–Kier alpha value is -1.27. The third kappa shape index (κ3) is 3.22. The maximum Gasteiger partial charge on any atom is 0.168 e. The van der Waals surface area contributed by atoms with Crippen LogP contribution in [0.4, 0.5) is 0 Å². The first-order valence-corrected chi connectivity index (χ1v) is 8.68. The van der Waals surface area contributed by atoms with Crippen LogP contribution in [0, 0.1) is 0 Å². The topological polar surface area (TPSA) is 50.1 Å². The molecule has 6 heteroatoms. The number of tetrazole rings is 1. The van der Waals surface area contributed by atoms with Gasteiger partial charge in [0, 0.05) is 32.7 Å². The van der Waals surface area contributed by atoms with Crippen LogP contribution in [0.2, 0.25) is 0 Å². The van der Waals surface area contributed by atoms with Gasteiger partial charge in [-0.2, -0.15) is 0 Å². The Morgan fingerprint density at radius 3 is 2.59 bits per heavy atom. The smallest absolute Gasteiger partial charge is 0.168 e. The van der Waals surface area contributed by atoms with Gasteiger partial charge in [-0.05, 0) is 29.7 Å². The lowest BCUT2D eigenvalue weighted by molar-refractivity contribution is 0.0937. The monoisotopic (exact) mass is 304 g/mol. The summed E-state index contributed by atoms with van der Waals surface area (Å²) in [7, 11) is 0. The predicted molar refractivity (Wildman–Crippen MR) is 86.6 cm³/mol. The van der Waals surface area contributed by atoms with Gasteiger partial charge in [-0.15, -0.1) is 11.7 Å². The Morgan fingerprint density at radius 1 is 1.23 bits per heavy atom. The van der Waals surface area contributed by atoms with Gasteiger partial charge in [0.2, 0.25) is 0 Å². The summed E-state index contributed by atoms with van der Waals surface area (Å²) in [5.74, 6) is 1.08. The summed E-state index contributed by atoms with van der Waals surface area (Å²) in [5.41, 5.74) is 0. The van der Waals surface area contributed by atoms with E-state index in [-0.39, 0.29) is 0 Å². The number of piperazine rings is 1. The molecule has 6 nitrogen and oxygen atoms in total. The highest BCUT2D eigenvalue weighted by Gasteiger charge is 2.30. The lowest BCUT2D eigenvalue weighted by Crippen LogP contribution is -2.48. The van der Waals surface area contributed by atoms with E-state index in [1.54, 1.807) is 0 Å². The van der Waals surface area contributed by atoms with E-state index in [1.165, 1.54) is 25.7 Å². The summed E-state index contributed by atoms with van der Waals surface area (Å²) in [4.78, 5) is 5.01. The van der Waals surface area contributed by atoms with Crippen molar-refractivity contribution in [1.29, 1.82) is 0 Å². The summed E-state index contributed by atoms with van der Waals surface area (Å²) >= 11 is 0. The average Bonchev–Trinajstić information content (AvgIpc) is 3.20. The summed E-state index contributed by atoms with van der Waals surface area (Å²) in [6.45, 7) is 11.5. The molecule has 3 rings (SSSR count). The van der Waals surface area contributed by atoms with E-state index < -0.39 is 0 Å². The van der Waals surface area contributed by atoms with Crippen molar-refractivity contribution >= 4 is 0 Å². The second-order valence-corrected chi connectivity index (χ2v) is 6.47. The zero-order chi connectivity index (χ0) is 15.4. The molecule has 1 aliphatic heterocycles. The third-order valence-corrected chi connectivity index (χ3v) is 5.11. The predicted octanol–water partition coefficient (Wildman–Crippen LogP) is 2.04. The fourth-order valence-corrected chi connectivity index (χ4v) is 3.87. The zero-order valence-electron chi connectivity index (χ0n) is 13.7. The number of rotatable bonds is 6. The largest absolute Gasteiger partial charge is 0.297 e. The average molecular weight is 304 g/mol. The molecular weight excluding hydrogens is 276 g/mol. The number of hydrogen-bond acceptors (Lipinski definition) is 5. The summed E-state index contributed by atoms with van der Waals surface area (Å²) < 4.78 is 2.12. The molecule has 2 aliphatic rings. The molecular formula is C16H28N6. The van der Waals surface area contributed by atoms with Crippen molar-refractivity contribution in [2.75, 3.05) is 32.7 Å². The molecule has 1 unspecified atom stereocenters. The molecule has 0 spiro atoms. The molecule has 1 aromatic heterocycles. The van der Waals surface area contributed by atoms with Crippen molar-refractivity contribution in [2.24, 2.45) is 0 Å². The molecule has 0 amide bonds. The van der Waals surface area contributed by atoms with Crippen LogP contribution < -0.4 is 0 Å². The molecule has 2 heterocycles. The first kappa shape index (κ1) is 15.6. The minimum atomic E-state index is 0.349. The van der Waals surface area contributed by atoms with Gasteiger partial charge in [0.05, 0.1) is 12.1 Å². The Balaban J connectivity index is 1.69. The zero-order valence-corrected chi connectivity index (χ0v) is 13.7. The van der Waals surface area contributed by atoms with Crippen molar-refractivity contribution in [1.82, 2.24) is 30.0 Å². The lowest BCUT2D eigenvalue weighted by atomic mass is 10.1. The van der Waals surface area contributed by atoms with Gasteiger partial charge in [-0.3, -0.25) is 9.80 Å². The first-order valence-electron chi connectivity index (χ1n) is 8.68. The van der Waals surface area contributed by atoms with Crippen molar-refractivity contribution in [3.8, 4) is 0 Å². The summed E-state index contributed by atoms with van der Waals surface area (Å²) in [6.07, 6.45) is 8.12. The van der Waals surface area contributed by atoms with Crippen LogP contribution in [0.3, 0.4) is 0 Å². The van der Waals surface area contributed by atoms with Crippen LogP contribution in [0.5, 0.6) is 0 Å². The van der Waals surface area contributed by atoms with Crippen molar-refractivity contribution in [2.45, 2.75) is 51.1 Å². The highest BCUT2D eigenvalue weighted by atomic mass is 15.6. The maximum atomic E-state index is 4.39. The van der Waals surface area contributed by atoms with Crippen LogP contribution in [0.25, 0.3) is 0 Å². The van der Waals surface area contributed by atoms with E-state index >= 15 is 0 Å².